The number of benzene rings is 1. The van der Waals surface area contributed by atoms with Crippen molar-refractivity contribution >= 4 is 17.3 Å². The van der Waals surface area contributed by atoms with E-state index in [4.69, 9.17) is 11.6 Å². The molecule has 3 fully saturated rings. The van der Waals surface area contributed by atoms with Crippen LogP contribution in [0.1, 0.15) is 12.8 Å². The van der Waals surface area contributed by atoms with E-state index in [1.807, 2.05) is 0 Å². The Morgan fingerprint density at radius 1 is 1.29 bits per heavy atom. The first-order valence-electron chi connectivity index (χ1n) is 6.16. The quantitative estimate of drug-likeness (QED) is 0.873. The van der Waals surface area contributed by atoms with Crippen LogP contribution < -0.4 is 5.32 Å². The number of hydrogen-bond acceptors (Lipinski definition) is 2. The van der Waals surface area contributed by atoms with E-state index in [0.29, 0.717) is 22.7 Å². The lowest BCUT2D eigenvalue weighted by Gasteiger charge is -2.45. The van der Waals surface area contributed by atoms with Crippen LogP contribution in [0.25, 0.3) is 0 Å². The Morgan fingerprint density at radius 3 is 2.65 bits per heavy atom. The van der Waals surface area contributed by atoms with Crippen LogP contribution in [-0.4, -0.2) is 30.6 Å². The SMILES string of the molecule is Fc1cc(Cl)ccc1NC1CN2CCC1CC2. The summed E-state index contributed by atoms with van der Waals surface area (Å²) in [6.45, 7) is 3.44. The molecule has 0 spiro atoms. The summed E-state index contributed by atoms with van der Waals surface area (Å²) in [5.74, 6) is 0.434. The van der Waals surface area contributed by atoms with Gasteiger partial charge in [-0.05, 0) is 50.0 Å². The lowest BCUT2D eigenvalue weighted by atomic mass is 9.84. The third-order valence-corrected chi connectivity index (χ3v) is 4.16. The lowest BCUT2D eigenvalue weighted by Crippen LogP contribution is -2.53. The van der Waals surface area contributed by atoms with E-state index in [0.717, 1.165) is 6.54 Å². The first-order chi connectivity index (χ1) is 8.22. The van der Waals surface area contributed by atoms with Crippen LogP contribution >= 0.6 is 11.6 Å². The summed E-state index contributed by atoms with van der Waals surface area (Å²) in [4.78, 5) is 2.45. The number of fused-ring (bicyclic) bond motifs is 3. The van der Waals surface area contributed by atoms with Gasteiger partial charge in [0.05, 0.1) is 5.69 Å². The number of anilines is 1. The molecule has 3 aliphatic heterocycles. The predicted molar refractivity (Wildman–Crippen MR) is 68.0 cm³/mol. The number of halogens is 2. The minimum Gasteiger partial charge on any atom is -0.378 e. The maximum atomic E-state index is 13.7. The molecule has 1 atom stereocenters. The van der Waals surface area contributed by atoms with Crippen LogP contribution in [0, 0.1) is 11.7 Å². The van der Waals surface area contributed by atoms with E-state index in [1.54, 1.807) is 12.1 Å². The van der Waals surface area contributed by atoms with Crippen molar-refractivity contribution in [2.45, 2.75) is 18.9 Å². The summed E-state index contributed by atoms with van der Waals surface area (Å²) < 4.78 is 13.7. The average molecular weight is 255 g/mol. The zero-order chi connectivity index (χ0) is 11.8. The Balaban J connectivity index is 1.74. The van der Waals surface area contributed by atoms with Crippen molar-refractivity contribution in [1.82, 2.24) is 4.90 Å². The fourth-order valence-electron chi connectivity index (χ4n) is 2.93. The summed E-state index contributed by atoms with van der Waals surface area (Å²) in [5.41, 5.74) is 0.577. The largest absolute Gasteiger partial charge is 0.378 e. The normalized spacial score (nSPS) is 31.5. The zero-order valence-electron chi connectivity index (χ0n) is 9.63. The van der Waals surface area contributed by atoms with Crippen molar-refractivity contribution in [3.63, 3.8) is 0 Å². The van der Waals surface area contributed by atoms with E-state index < -0.39 is 0 Å². The van der Waals surface area contributed by atoms with Gasteiger partial charge in [0.15, 0.2) is 0 Å². The van der Waals surface area contributed by atoms with Crippen molar-refractivity contribution in [3.8, 4) is 0 Å². The van der Waals surface area contributed by atoms with Gasteiger partial charge in [0.1, 0.15) is 5.82 Å². The number of hydrogen-bond donors (Lipinski definition) is 1. The fourth-order valence-corrected chi connectivity index (χ4v) is 3.09. The lowest BCUT2D eigenvalue weighted by molar-refractivity contribution is 0.0974. The minimum atomic E-state index is -0.256. The molecule has 92 valence electrons. The average Bonchev–Trinajstić information content (AvgIpc) is 2.34. The second-order valence-electron chi connectivity index (χ2n) is 5.01. The molecule has 4 rings (SSSR count). The summed E-state index contributed by atoms with van der Waals surface area (Å²) in [6.07, 6.45) is 2.46. The maximum absolute atomic E-state index is 13.7. The van der Waals surface area contributed by atoms with E-state index >= 15 is 0 Å². The highest BCUT2D eigenvalue weighted by molar-refractivity contribution is 6.30. The van der Waals surface area contributed by atoms with Crippen LogP contribution in [0.15, 0.2) is 18.2 Å². The van der Waals surface area contributed by atoms with E-state index in [-0.39, 0.29) is 5.82 Å². The molecule has 1 N–H and O–H groups in total. The zero-order valence-corrected chi connectivity index (χ0v) is 10.4. The van der Waals surface area contributed by atoms with Gasteiger partial charge in [-0.25, -0.2) is 4.39 Å². The molecule has 1 unspecified atom stereocenters. The first-order valence-corrected chi connectivity index (χ1v) is 6.54. The second kappa shape index (κ2) is 4.46. The molecule has 0 saturated carbocycles. The Kier molecular flexibility index (Phi) is 2.97. The topological polar surface area (TPSA) is 15.3 Å². The van der Waals surface area contributed by atoms with Crippen molar-refractivity contribution in [3.05, 3.63) is 29.0 Å². The molecule has 1 aromatic rings. The molecule has 4 heteroatoms. The predicted octanol–water partition coefficient (Wildman–Crippen LogP) is 2.99. The molecule has 1 aromatic carbocycles. The summed E-state index contributed by atoms with van der Waals surface area (Å²) in [6, 6.07) is 5.21. The molecule has 0 radical (unpaired) electrons. The van der Waals surface area contributed by atoms with E-state index in [1.165, 1.54) is 32.0 Å². The van der Waals surface area contributed by atoms with Crippen molar-refractivity contribution in [2.75, 3.05) is 25.0 Å². The molecule has 0 aliphatic carbocycles. The third kappa shape index (κ3) is 2.26. The molecule has 3 saturated heterocycles. The highest BCUT2D eigenvalue weighted by Gasteiger charge is 2.34. The third-order valence-electron chi connectivity index (χ3n) is 3.93. The molecule has 17 heavy (non-hydrogen) atoms. The van der Waals surface area contributed by atoms with Gasteiger partial charge >= 0.3 is 0 Å². The Labute approximate surface area is 106 Å². The Bertz CT molecular complexity index is 416. The van der Waals surface area contributed by atoms with E-state index in [9.17, 15) is 4.39 Å². The van der Waals surface area contributed by atoms with Gasteiger partial charge in [0, 0.05) is 17.6 Å². The molecule has 2 bridgehead atoms. The monoisotopic (exact) mass is 254 g/mol. The molecular formula is C13H16ClFN2. The van der Waals surface area contributed by atoms with Gasteiger partial charge in [-0.15, -0.1) is 0 Å². The highest BCUT2D eigenvalue weighted by atomic mass is 35.5. The number of piperidine rings is 3. The van der Waals surface area contributed by atoms with Crippen LogP contribution in [0.4, 0.5) is 10.1 Å². The smallest absolute Gasteiger partial charge is 0.147 e. The van der Waals surface area contributed by atoms with Gasteiger partial charge in [0.25, 0.3) is 0 Å². The molecular weight excluding hydrogens is 239 g/mol. The molecule has 0 amide bonds. The second-order valence-corrected chi connectivity index (χ2v) is 5.45. The summed E-state index contributed by atoms with van der Waals surface area (Å²) in [5, 5.41) is 3.78. The van der Waals surface area contributed by atoms with Crippen LogP contribution in [-0.2, 0) is 0 Å². The summed E-state index contributed by atoms with van der Waals surface area (Å²) in [7, 11) is 0. The number of nitrogens with one attached hydrogen (secondary N) is 1. The number of rotatable bonds is 2. The van der Waals surface area contributed by atoms with Crippen molar-refractivity contribution in [1.29, 1.82) is 0 Å². The van der Waals surface area contributed by atoms with Crippen molar-refractivity contribution < 1.29 is 4.39 Å². The van der Waals surface area contributed by atoms with Crippen LogP contribution in [0.5, 0.6) is 0 Å². The van der Waals surface area contributed by atoms with Crippen LogP contribution in [0.3, 0.4) is 0 Å². The van der Waals surface area contributed by atoms with Gasteiger partial charge in [0.2, 0.25) is 0 Å². The fraction of sp³-hybridized carbons (Fsp3) is 0.538. The maximum Gasteiger partial charge on any atom is 0.147 e. The van der Waals surface area contributed by atoms with Crippen LogP contribution in [0.2, 0.25) is 5.02 Å². The van der Waals surface area contributed by atoms with Gasteiger partial charge in [-0.2, -0.15) is 0 Å². The summed E-state index contributed by atoms with van der Waals surface area (Å²) >= 11 is 5.75. The first kappa shape index (κ1) is 11.3. The van der Waals surface area contributed by atoms with Gasteiger partial charge in [-0.1, -0.05) is 11.6 Å². The van der Waals surface area contributed by atoms with E-state index in [2.05, 4.69) is 10.2 Å². The Morgan fingerprint density at radius 2 is 2.06 bits per heavy atom. The standard InChI is InChI=1S/C13H16ClFN2/c14-10-1-2-12(11(15)7-10)16-13-8-17-5-3-9(13)4-6-17/h1-2,7,9,13,16H,3-6,8H2. The highest BCUT2D eigenvalue weighted by Crippen LogP contribution is 2.30. The molecule has 0 aromatic heterocycles. The Hall–Kier alpha value is -0.800. The minimum absolute atomic E-state index is 0.256. The van der Waals surface area contributed by atoms with Gasteiger partial charge < -0.3 is 10.2 Å². The van der Waals surface area contributed by atoms with Gasteiger partial charge in [-0.3, -0.25) is 0 Å². The number of nitrogens with zero attached hydrogens (tertiary/aromatic N) is 1. The molecule has 2 nitrogen and oxygen atoms in total. The molecule has 3 aliphatic rings. The molecule has 3 heterocycles. The van der Waals surface area contributed by atoms with Crippen molar-refractivity contribution in [2.24, 2.45) is 5.92 Å².